The smallest absolute Gasteiger partial charge is 0.338 e. The molecule has 0 atom stereocenters. The first-order valence-electron chi connectivity index (χ1n) is 6.31. The number of hydrogen-bond acceptors (Lipinski definition) is 5. The number of esters is 1. The number of rotatable bonds is 3. The van der Waals surface area contributed by atoms with Gasteiger partial charge in [-0.3, -0.25) is 0 Å². The fourth-order valence-corrected chi connectivity index (χ4v) is 2.22. The van der Waals surface area contributed by atoms with Crippen LogP contribution in [0, 0.1) is 25.2 Å². The van der Waals surface area contributed by atoms with Crippen LogP contribution in [0.25, 0.3) is 11.3 Å². The van der Waals surface area contributed by atoms with Gasteiger partial charge in [-0.1, -0.05) is 6.07 Å². The van der Waals surface area contributed by atoms with Crippen LogP contribution >= 0.6 is 0 Å². The van der Waals surface area contributed by atoms with Crippen molar-refractivity contribution in [1.82, 2.24) is 9.97 Å². The van der Waals surface area contributed by atoms with Crippen molar-refractivity contribution >= 4 is 5.97 Å². The van der Waals surface area contributed by atoms with Crippen molar-refractivity contribution in [2.75, 3.05) is 7.11 Å². The predicted molar refractivity (Wildman–Crippen MR) is 75.5 cm³/mol. The van der Waals surface area contributed by atoms with E-state index in [2.05, 4.69) is 9.97 Å². The molecule has 2 aromatic rings. The number of aliphatic hydroxyl groups is 1. The number of ether oxygens (including phenoxy) is 1. The normalized spacial score (nSPS) is 10.2. The van der Waals surface area contributed by atoms with Crippen LogP contribution in [0.2, 0.25) is 0 Å². The van der Waals surface area contributed by atoms with Gasteiger partial charge in [-0.2, -0.15) is 5.26 Å². The van der Waals surface area contributed by atoms with E-state index in [1.54, 1.807) is 6.07 Å². The summed E-state index contributed by atoms with van der Waals surface area (Å²) >= 11 is 0. The van der Waals surface area contributed by atoms with E-state index in [4.69, 9.17) is 15.1 Å². The van der Waals surface area contributed by atoms with Crippen LogP contribution in [0.4, 0.5) is 0 Å². The summed E-state index contributed by atoms with van der Waals surface area (Å²) in [5.41, 5.74) is 3.48. The van der Waals surface area contributed by atoms with E-state index in [9.17, 15) is 4.79 Å². The molecule has 0 saturated carbocycles. The molecule has 6 nitrogen and oxygen atoms in total. The second kappa shape index (κ2) is 5.77. The number of methoxy groups -OCH3 is 1. The van der Waals surface area contributed by atoms with Crippen molar-refractivity contribution in [2.45, 2.75) is 20.5 Å². The highest BCUT2D eigenvalue weighted by Gasteiger charge is 2.18. The first-order chi connectivity index (χ1) is 10.0. The summed E-state index contributed by atoms with van der Waals surface area (Å²) in [6.45, 7) is 3.41. The summed E-state index contributed by atoms with van der Waals surface area (Å²) in [6, 6.07) is 5.51. The van der Waals surface area contributed by atoms with Gasteiger partial charge in [-0.25, -0.2) is 9.78 Å². The molecule has 1 heterocycles. The SMILES string of the molecule is COC(=O)c1cc(-c2[nH]c(CO)nc2C#N)c(C)cc1C. The molecule has 1 aromatic carbocycles. The molecule has 0 radical (unpaired) electrons. The molecule has 21 heavy (non-hydrogen) atoms. The van der Waals surface area contributed by atoms with Gasteiger partial charge in [-0.15, -0.1) is 0 Å². The molecular weight excluding hydrogens is 270 g/mol. The monoisotopic (exact) mass is 285 g/mol. The number of aryl methyl sites for hydroxylation is 2. The number of aromatic nitrogens is 2. The third-order valence-electron chi connectivity index (χ3n) is 3.25. The van der Waals surface area contributed by atoms with Gasteiger partial charge in [0.15, 0.2) is 5.69 Å². The van der Waals surface area contributed by atoms with Crippen molar-refractivity contribution in [2.24, 2.45) is 0 Å². The molecule has 1 aromatic heterocycles. The molecule has 0 aliphatic heterocycles. The van der Waals surface area contributed by atoms with E-state index >= 15 is 0 Å². The fourth-order valence-electron chi connectivity index (χ4n) is 2.22. The van der Waals surface area contributed by atoms with E-state index in [-0.39, 0.29) is 12.3 Å². The van der Waals surface area contributed by atoms with Crippen molar-refractivity contribution in [3.05, 3.63) is 40.3 Å². The van der Waals surface area contributed by atoms with Gasteiger partial charge in [0, 0.05) is 5.56 Å². The fraction of sp³-hybridized carbons (Fsp3) is 0.267. The Kier molecular flexibility index (Phi) is 4.05. The molecule has 108 valence electrons. The lowest BCUT2D eigenvalue weighted by atomic mass is 9.97. The van der Waals surface area contributed by atoms with Gasteiger partial charge in [0.25, 0.3) is 0 Å². The Labute approximate surface area is 122 Å². The lowest BCUT2D eigenvalue weighted by Gasteiger charge is -2.10. The number of aromatic amines is 1. The van der Waals surface area contributed by atoms with Gasteiger partial charge in [0.2, 0.25) is 0 Å². The predicted octanol–water partition coefficient (Wildman–Crippen LogP) is 1.84. The third kappa shape index (κ3) is 2.64. The number of carbonyl (C=O) groups is 1. The van der Waals surface area contributed by atoms with Crippen LogP contribution in [0.1, 0.15) is 33.0 Å². The Balaban J connectivity index is 2.67. The van der Waals surface area contributed by atoms with Crippen LogP contribution in [-0.4, -0.2) is 28.2 Å². The Hall–Kier alpha value is -2.65. The maximum Gasteiger partial charge on any atom is 0.338 e. The van der Waals surface area contributed by atoms with E-state index in [1.165, 1.54) is 7.11 Å². The standard InChI is InChI=1S/C15H15N3O3/c1-8-4-9(2)11(15(20)21-3)5-10(8)14-12(6-16)17-13(7-19)18-14/h4-5,19H,7H2,1-3H3,(H,17,18). The number of nitriles is 1. The molecule has 0 amide bonds. The summed E-state index contributed by atoms with van der Waals surface area (Å²) in [5.74, 6) is -0.129. The quantitative estimate of drug-likeness (QED) is 0.838. The number of H-pyrrole nitrogens is 1. The van der Waals surface area contributed by atoms with E-state index in [0.717, 1.165) is 11.1 Å². The molecule has 0 bridgehead atoms. The summed E-state index contributed by atoms with van der Waals surface area (Å²) in [7, 11) is 1.32. The highest BCUT2D eigenvalue weighted by molar-refractivity contribution is 5.93. The van der Waals surface area contributed by atoms with Gasteiger partial charge in [0.05, 0.1) is 18.4 Å². The number of benzene rings is 1. The molecule has 2 N–H and O–H groups in total. The van der Waals surface area contributed by atoms with Crippen LogP contribution in [0.5, 0.6) is 0 Å². The average molecular weight is 285 g/mol. The Morgan fingerprint density at radius 1 is 1.43 bits per heavy atom. The van der Waals surface area contributed by atoms with Crippen LogP contribution in [0.3, 0.4) is 0 Å². The zero-order chi connectivity index (χ0) is 15.6. The minimum Gasteiger partial charge on any atom is -0.465 e. The molecule has 0 saturated heterocycles. The highest BCUT2D eigenvalue weighted by Crippen LogP contribution is 2.28. The van der Waals surface area contributed by atoms with Crippen molar-refractivity contribution in [3.63, 3.8) is 0 Å². The van der Waals surface area contributed by atoms with E-state index in [1.807, 2.05) is 26.0 Å². The van der Waals surface area contributed by atoms with E-state index in [0.29, 0.717) is 22.6 Å². The zero-order valence-electron chi connectivity index (χ0n) is 12.0. The number of nitrogens with zero attached hydrogens (tertiary/aromatic N) is 2. The Morgan fingerprint density at radius 2 is 2.14 bits per heavy atom. The maximum atomic E-state index is 11.8. The van der Waals surface area contributed by atoms with Crippen molar-refractivity contribution in [1.29, 1.82) is 5.26 Å². The molecule has 0 unspecified atom stereocenters. The highest BCUT2D eigenvalue weighted by atomic mass is 16.5. The maximum absolute atomic E-state index is 11.8. The molecule has 0 spiro atoms. The minimum absolute atomic E-state index is 0.182. The average Bonchev–Trinajstić information content (AvgIpc) is 2.89. The lowest BCUT2D eigenvalue weighted by molar-refractivity contribution is 0.0600. The van der Waals surface area contributed by atoms with Crippen molar-refractivity contribution in [3.8, 4) is 17.3 Å². The second-order valence-corrected chi connectivity index (χ2v) is 4.65. The Morgan fingerprint density at radius 3 is 2.71 bits per heavy atom. The topological polar surface area (TPSA) is 99.0 Å². The largest absolute Gasteiger partial charge is 0.465 e. The minimum atomic E-state index is -0.436. The van der Waals surface area contributed by atoms with E-state index < -0.39 is 5.97 Å². The molecule has 6 heteroatoms. The Bertz CT molecular complexity index is 741. The lowest BCUT2D eigenvalue weighted by Crippen LogP contribution is -2.05. The number of imidazole rings is 1. The summed E-state index contributed by atoms with van der Waals surface area (Å²) < 4.78 is 4.76. The summed E-state index contributed by atoms with van der Waals surface area (Å²) in [6.07, 6.45) is 0. The van der Waals surface area contributed by atoms with Crippen LogP contribution in [-0.2, 0) is 11.3 Å². The molecule has 0 aliphatic rings. The number of aliphatic hydroxyl groups excluding tert-OH is 1. The summed E-state index contributed by atoms with van der Waals surface area (Å²) in [5, 5.41) is 18.3. The first-order valence-corrected chi connectivity index (χ1v) is 6.31. The zero-order valence-corrected chi connectivity index (χ0v) is 12.0. The number of carbonyl (C=O) groups excluding carboxylic acids is 1. The number of hydrogen-bond donors (Lipinski definition) is 2. The second-order valence-electron chi connectivity index (χ2n) is 4.65. The van der Waals surface area contributed by atoms with Gasteiger partial charge in [-0.05, 0) is 31.0 Å². The number of nitrogens with one attached hydrogen (secondary N) is 1. The molecule has 2 rings (SSSR count). The van der Waals surface area contributed by atoms with Crippen LogP contribution in [0.15, 0.2) is 12.1 Å². The van der Waals surface area contributed by atoms with Gasteiger partial charge >= 0.3 is 5.97 Å². The van der Waals surface area contributed by atoms with Gasteiger partial charge < -0.3 is 14.8 Å². The first kappa shape index (κ1) is 14.8. The summed E-state index contributed by atoms with van der Waals surface area (Å²) in [4.78, 5) is 18.7. The van der Waals surface area contributed by atoms with Gasteiger partial charge in [0.1, 0.15) is 18.5 Å². The van der Waals surface area contributed by atoms with Crippen molar-refractivity contribution < 1.29 is 14.6 Å². The van der Waals surface area contributed by atoms with Crippen LogP contribution < -0.4 is 0 Å². The molecule has 0 aliphatic carbocycles. The third-order valence-corrected chi connectivity index (χ3v) is 3.25. The molecule has 0 fully saturated rings. The molecular formula is C15H15N3O3.